The Hall–Kier alpha value is -2.12. The van der Waals surface area contributed by atoms with Crippen molar-refractivity contribution in [1.82, 2.24) is 0 Å². The molecule has 6 rings (SSSR count). The number of methoxy groups -OCH3 is 4. The molecule has 6 aliphatic rings. The van der Waals surface area contributed by atoms with Gasteiger partial charge in [-0.05, 0) is 227 Å². The third kappa shape index (κ3) is 31.2. The minimum absolute atomic E-state index is 0.0142. The van der Waals surface area contributed by atoms with Gasteiger partial charge >= 0.3 is 23.9 Å². The highest BCUT2D eigenvalue weighted by Gasteiger charge is 2.40. The van der Waals surface area contributed by atoms with Crippen LogP contribution in [0.15, 0.2) is 0 Å². The zero-order valence-electron chi connectivity index (χ0n) is 62.9. The monoisotopic (exact) mass is 1290 g/mol. The molecule has 0 amide bonds. The van der Waals surface area contributed by atoms with Gasteiger partial charge in [-0.1, -0.05) is 229 Å². The number of rotatable bonds is 45. The van der Waals surface area contributed by atoms with Crippen LogP contribution in [0.5, 0.6) is 0 Å². The molecule has 8 heteroatoms. The van der Waals surface area contributed by atoms with Crippen molar-refractivity contribution in [3.8, 4) is 0 Å². The van der Waals surface area contributed by atoms with E-state index in [-0.39, 0.29) is 23.9 Å². The minimum atomic E-state index is -0.0605. The van der Waals surface area contributed by atoms with Crippen LogP contribution >= 0.6 is 0 Å². The van der Waals surface area contributed by atoms with Crippen LogP contribution in [-0.4, -0.2) is 52.3 Å². The Balaban J connectivity index is 0.000000334. The molecule has 21 atom stereocenters. The fraction of sp³-hybridized carbons (Fsp3) is 0.952. The average Bonchev–Trinajstić information content (AvgIpc) is 3.67. The van der Waals surface area contributed by atoms with Gasteiger partial charge in [0.1, 0.15) is 0 Å². The summed E-state index contributed by atoms with van der Waals surface area (Å²) in [5.41, 5.74) is 0. The lowest BCUT2D eigenvalue weighted by Crippen LogP contribution is -2.13. The molecule has 0 radical (unpaired) electrons. The van der Waals surface area contributed by atoms with Crippen molar-refractivity contribution < 1.29 is 38.1 Å². The van der Waals surface area contributed by atoms with E-state index in [9.17, 15) is 19.2 Å². The van der Waals surface area contributed by atoms with E-state index >= 15 is 0 Å². The number of ether oxygens (including phenoxy) is 4. The molecule has 0 saturated heterocycles. The van der Waals surface area contributed by atoms with Gasteiger partial charge in [0.05, 0.1) is 28.4 Å². The molecule has 6 aliphatic carbocycles. The molecule has 6 fully saturated rings. The number of carbonyl (C=O) groups is 4. The highest BCUT2D eigenvalue weighted by atomic mass is 16.5. The van der Waals surface area contributed by atoms with Gasteiger partial charge in [0.2, 0.25) is 0 Å². The van der Waals surface area contributed by atoms with Gasteiger partial charge in [-0.2, -0.15) is 0 Å². The van der Waals surface area contributed by atoms with E-state index in [1.165, 1.54) is 285 Å². The zero-order chi connectivity index (χ0) is 66.8. The van der Waals surface area contributed by atoms with E-state index in [4.69, 9.17) is 18.9 Å². The maximum absolute atomic E-state index is 11.7. The lowest BCUT2D eigenvalue weighted by molar-refractivity contribution is -0.142. The fourth-order valence-corrected chi connectivity index (χ4v) is 20.2. The predicted octanol–water partition coefficient (Wildman–Crippen LogP) is 23.8. The van der Waals surface area contributed by atoms with Crippen molar-refractivity contribution in [3.05, 3.63) is 0 Å². The highest BCUT2D eigenvalue weighted by Crippen LogP contribution is 2.50. The molecule has 6 saturated carbocycles. The minimum Gasteiger partial charge on any atom is -0.469 e. The Morgan fingerprint density at radius 1 is 0.304 bits per heavy atom. The first-order valence-electron chi connectivity index (χ1n) is 40.6. The predicted molar refractivity (Wildman–Crippen MR) is 385 cm³/mol. The summed E-state index contributed by atoms with van der Waals surface area (Å²) in [4.78, 5) is 46.4. The van der Waals surface area contributed by atoms with Crippen LogP contribution < -0.4 is 0 Å². The molecular weight excluding hydrogens is 1140 g/mol. The second-order valence-corrected chi connectivity index (χ2v) is 34.4. The number of carbonyl (C=O) groups excluding carboxylic acids is 4. The van der Waals surface area contributed by atoms with Crippen LogP contribution in [0.25, 0.3) is 0 Å². The van der Waals surface area contributed by atoms with Crippen molar-refractivity contribution in [3.63, 3.8) is 0 Å². The molecular formula is C84H152O8. The van der Waals surface area contributed by atoms with E-state index in [1.54, 1.807) is 0 Å². The summed E-state index contributed by atoms with van der Waals surface area (Å²) in [6.07, 6.45) is 60.5. The molecule has 536 valence electrons. The summed E-state index contributed by atoms with van der Waals surface area (Å²) in [6, 6.07) is 0. The largest absolute Gasteiger partial charge is 0.469 e. The summed E-state index contributed by atoms with van der Waals surface area (Å²) in [5, 5.41) is 0. The molecule has 0 aromatic rings. The van der Waals surface area contributed by atoms with Gasteiger partial charge in [0.15, 0.2) is 0 Å². The second-order valence-electron chi connectivity index (χ2n) is 34.4. The smallest absolute Gasteiger partial charge is 0.305 e. The van der Waals surface area contributed by atoms with Crippen molar-refractivity contribution >= 4 is 23.9 Å². The number of unbranched alkanes of at least 4 members (excludes halogenated alkanes) is 3. The van der Waals surface area contributed by atoms with Crippen molar-refractivity contribution in [2.45, 2.75) is 358 Å². The summed E-state index contributed by atoms with van der Waals surface area (Å²) in [6.45, 7) is 22.0. The highest BCUT2D eigenvalue weighted by molar-refractivity contribution is 5.70. The number of hydrogen-bond acceptors (Lipinski definition) is 8. The lowest BCUT2D eigenvalue weighted by Gasteiger charge is -2.23. The lowest BCUT2D eigenvalue weighted by atomic mass is 9.82. The summed E-state index contributed by atoms with van der Waals surface area (Å²) in [7, 11) is 6.04. The Labute approximate surface area is 569 Å². The summed E-state index contributed by atoms with van der Waals surface area (Å²) >= 11 is 0. The van der Waals surface area contributed by atoms with E-state index in [0.29, 0.717) is 49.4 Å². The third-order valence-corrected chi connectivity index (χ3v) is 27.1. The Bertz CT molecular complexity index is 1970. The van der Waals surface area contributed by atoms with Crippen LogP contribution in [-0.2, 0) is 38.1 Å². The topological polar surface area (TPSA) is 105 Å². The van der Waals surface area contributed by atoms with Crippen molar-refractivity contribution in [1.29, 1.82) is 0 Å². The maximum Gasteiger partial charge on any atom is 0.305 e. The van der Waals surface area contributed by atoms with Crippen molar-refractivity contribution in [2.24, 2.45) is 124 Å². The molecule has 8 nitrogen and oxygen atoms in total. The summed E-state index contributed by atoms with van der Waals surface area (Å²) < 4.78 is 19.5. The van der Waals surface area contributed by atoms with Gasteiger partial charge in [-0.3, -0.25) is 19.2 Å². The Morgan fingerprint density at radius 3 is 1.05 bits per heavy atom. The molecule has 0 N–H and O–H groups in total. The Kier molecular flexibility index (Phi) is 39.8. The first kappa shape index (κ1) is 80.6. The molecule has 0 aromatic heterocycles. The number of esters is 4. The molecule has 0 bridgehead atoms. The molecule has 0 aromatic carbocycles. The van der Waals surface area contributed by atoms with Gasteiger partial charge in [0, 0.05) is 25.7 Å². The van der Waals surface area contributed by atoms with E-state index in [0.717, 1.165) is 113 Å². The first-order chi connectivity index (χ1) is 44.3. The molecule has 0 aliphatic heterocycles. The Morgan fingerprint density at radius 2 is 0.630 bits per heavy atom. The molecule has 0 spiro atoms. The van der Waals surface area contributed by atoms with Crippen LogP contribution in [0, 0.1) is 124 Å². The summed E-state index contributed by atoms with van der Waals surface area (Å²) in [5.74, 6) is 17.3. The molecule has 12 unspecified atom stereocenters. The van der Waals surface area contributed by atoms with Gasteiger partial charge in [0.25, 0.3) is 0 Å². The quantitative estimate of drug-likeness (QED) is 0.0337. The van der Waals surface area contributed by atoms with E-state index in [2.05, 4.69) is 62.3 Å². The van der Waals surface area contributed by atoms with Gasteiger partial charge in [-0.25, -0.2) is 0 Å². The first-order valence-corrected chi connectivity index (χ1v) is 40.6. The van der Waals surface area contributed by atoms with E-state index in [1.807, 2.05) is 0 Å². The van der Waals surface area contributed by atoms with Gasteiger partial charge in [-0.15, -0.1) is 0 Å². The van der Waals surface area contributed by atoms with Gasteiger partial charge < -0.3 is 18.9 Å². The van der Waals surface area contributed by atoms with Crippen LogP contribution in [0.2, 0.25) is 0 Å². The average molecular weight is 1290 g/mol. The van der Waals surface area contributed by atoms with E-state index < -0.39 is 0 Å². The van der Waals surface area contributed by atoms with Crippen LogP contribution in [0.3, 0.4) is 0 Å². The maximum atomic E-state index is 11.7. The number of hydrogen-bond donors (Lipinski definition) is 0. The SMILES string of the molecule is CCC(CCC[C@H](C)C1CCC(CCC[C@@H](C)CC(=O)OC)C1)CCC(C)CCC[C@H](C)C1CCC(C2CC[C@H](CC(=O)OC)C2)C1.COC(=O)CC(C)CCC[C@H]1CCC([C@H](C)CCCCCC[C@@H](C)CCC[C@@H](C)C2CC[C@H](C3CCC(CC(=O)OC)C3)C2)C1. The fourth-order valence-electron chi connectivity index (χ4n) is 20.2. The van der Waals surface area contributed by atoms with Crippen LogP contribution in [0.1, 0.15) is 358 Å². The zero-order valence-corrected chi connectivity index (χ0v) is 62.9. The molecule has 0 heterocycles. The normalized spacial score (nSPS) is 29.4. The third-order valence-electron chi connectivity index (χ3n) is 27.1. The van der Waals surface area contributed by atoms with Crippen molar-refractivity contribution in [2.75, 3.05) is 28.4 Å². The molecule has 92 heavy (non-hydrogen) atoms. The second kappa shape index (κ2) is 45.5. The van der Waals surface area contributed by atoms with Crippen LogP contribution in [0.4, 0.5) is 0 Å². The standard InChI is InChI=1S/C43H78O4.C41H74O4/c1-8-35(16-11-15-33(4)38-22-20-36(27-38)17-10-13-32(3)26-42(44)46-6)19-18-31(2)12-9-14-34(5)39-24-25-41(30-39)40-23-21-37(28-40)29-43(45)47-7;1-30(14-11-17-33(4)37-23-24-39(29-37)38-22-20-35(27-38)28-41(43)45-6)13-9-7-8-10-16-32(3)36-21-19-34(26-36)18-12-15-31(2)25-40(42)44-5/h31-41H,8-30H2,1-7H3;30-39H,7-29H2,1-6H3/t31?,32-,33+,34+,35?,36?,37+,38?,39?,40?,41?;30-,31?,32-,33-,34+,35?,36?,37?,38?,39+/m11/s1.